The average Bonchev–Trinajstić information content (AvgIpc) is 2.94. The van der Waals surface area contributed by atoms with Gasteiger partial charge in [-0.05, 0) is 35.1 Å². The summed E-state index contributed by atoms with van der Waals surface area (Å²) in [5, 5.41) is 21.0. The lowest BCUT2D eigenvalue weighted by atomic mass is 9.78. The number of benzene rings is 1. The van der Waals surface area contributed by atoms with E-state index in [0.29, 0.717) is 11.2 Å². The van der Waals surface area contributed by atoms with Crippen LogP contribution in [0.3, 0.4) is 0 Å². The van der Waals surface area contributed by atoms with Gasteiger partial charge >= 0.3 is 7.12 Å². The van der Waals surface area contributed by atoms with E-state index in [0.717, 1.165) is 31.6 Å². The Bertz CT molecular complexity index is 629. The van der Waals surface area contributed by atoms with Crippen LogP contribution in [0.15, 0.2) is 29.6 Å². The maximum absolute atomic E-state index is 9.43. The number of fused-ring (bicyclic) bond motifs is 1. The number of thiophene rings is 1. The van der Waals surface area contributed by atoms with E-state index in [-0.39, 0.29) is 0 Å². The molecule has 0 bridgehead atoms. The van der Waals surface area contributed by atoms with Crippen molar-refractivity contribution in [3.05, 3.63) is 45.6 Å². The summed E-state index contributed by atoms with van der Waals surface area (Å²) in [6.45, 7) is 2.80. The Hall–Kier alpha value is -1.34. The quantitative estimate of drug-likeness (QED) is 0.827. The lowest BCUT2D eigenvalue weighted by molar-refractivity contribution is 0.247. The summed E-state index contributed by atoms with van der Waals surface area (Å²) in [5.41, 5.74) is 2.91. The summed E-state index contributed by atoms with van der Waals surface area (Å²) in [4.78, 5) is 3.87. The minimum atomic E-state index is -1.51. The molecule has 0 saturated heterocycles. The van der Waals surface area contributed by atoms with Gasteiger partial charge in [-0.15, -0.1) is 11.3 Å². The van der Waals surface area contributed by atoms with Gasteiger partial charge in [0, 0.05) is 30.0 Å². The first-order chi connectivity index (χ1) is 10.2. The predicted octanol–water partition coefficient (Wildman–Crippen LogP) is 0.995. The monoisotopic (exact) mass is 303 g/mol. The number of hydrogen-bond acceptors (Lipinski definition) is 5. The van der Waals surface area contributed by atoms with E-state index in [2.05, 4.69) is 16.3 Å². The Morgan fingerprint density at radius 3 is 2.95 bits per heavy atom. The third-order valence-electron chi connectivity index (χ3n) is 3.87. The molecule has 0 fully saturated rings. The zero-order valence-electron chi connectivity index (χ0n) is 12.0. The minimum Gasteiger partial charge on any atom is -0.497 e. The summed E-state index contributed by atoms with van der Waals surface area (Å²) in [6.07, 6.45) is 1.10. The van der Waals surface area contributed by atoms with Crippen molar-refractivity contribution in [3.8, 4) is 5.75 Å². The third-order valence-corrected chi connectivity index (χ3v) is 4.89. The molecule has 0 unspecified atom stereocenters. The zero-order chi connectivity index (χ0) is 14.8. The molecule has 0 atom stereocenters. The Balaban J connectivity index is 1.75. The van der Waals surface area contributed by atoms with E-state index in [1.807, 2.05) is 23.5 Å². The molecule has 1 aliphatic rings. The molecule has 0 amide bonds. The molecule has 21 heavy (non-hydrogen) atoms. The second-order valence-corrected chi connectivity index (χ2v) is 6.28. The van der Waals surface area contributed by atoms with Gasteiger partial charge in [-0.1, -0.05) is 12.1 Å². The first kappa shape index (κ1) is 14.6. The minimum absolute atomic E-state index is 0.420. The van der Waals surface area contributed by atoms with Gasteiger partial charge in [-0.25, -0.2) is 0 Å². The van der Waals surface area contributed by atoms with Gasteiger partial charge in [0.05, 0.1) is 7.11 Å². The molecular weight excluding hydrogens is 285 g/mol. The Labute approximate surface area is 128 Å². The molecular formula is C15H18BNO3S. The van der Waals surface area contributed by atoms with Gasteiger partial charge in [0.2, 0.25) is 0 Å². The average molecular weight is 303 g/mol. The zero-order valence-corrected chi connectivity index (χ0v) is 12.8. The van der Waals surface area contributed by atoms with Crippen molar-refractivity contribution in [2.24, 2.45) is 0 Å². The van der Waals surface area contributed by atoms with Crippen molar-refractivity contribution in [1.82, 2.24) is 4.90 Å². The topological polar surface area (TPSA) is 52.9 Å². The summed E-state index contributed by atoms with van der Waals surface area (Å²) in [5.74, 6) is 0.507. The molecule has 4 nitrogen and oxygen atoms in total. The van der Waals surface area contributed by atoms with Crippen molar-refractivity contribution in [2.75, 3.05) is 13.7 Å². The van der Waals surface area contributed by atoms with Crippen LogP contribution >= 0.6 is 11.3 Å². The summed E-state index contributed by atoms with van der Waals surface area (Å²) in [6, 6.07) is 7.79. The molecule has 0 aliphatic carbocycles. The summed E-state index contributed by atoms with van der Waals surface area (Å²) in [7, 11) is 0.0219. The Morgan fingerprint density at radius 2 is 2.19 bits per heavy atom. The molecule has 2 N–H and O–H groups in total. The van der Waals surface area contributed by atoms with Gasteiger partial charge in [0.1, 0.15) is 5.75 Å². The molecule has 3 rings (SSSR count). The molecule has 2 aromatic rings. The number of ether oxygens (including phenoxy) is 1. The third kappa shape index (κ3) is 3.13. The first-order valence-electron chi connectivity index (χ1n) is 6.98. The normalized spacial score (nSPS) is 14.8. The Kier molecular flexibility index (Phi) is 4.31. The summed E-state index contributed by atoms with van der Waals surface area (Å²) < 4.78 is 5.16. The van der Waals surface area contributed by atoms with Crippen LogP contribution in [-0.2, 0) is 19.5 Å². The fourth-order valence-electron chi connectivity index (χ4n) is 2.78. The van der Waals surface area contributed by atoms with Gasteiger partial charge in [0.25, 0.3) is 0 Å². The fraction of sp³-hybridized carbons (Fsp3) is 0.333. The van der Waals surface area contributed by atoms with Crippen LogP contribution in [0.25, 0.3) is 0 Å². The second-order valence-electron chi connectivity index (χ2n) is 5.28. The number of methoxy groups -OCH3 is 1. The van der Waals surface area contributed by atoms with E-state index in [1.54, 1.807) is 6.07 Å². The lowest BCUT2D eigenvalue weighted by Crippen LogP contribution is -2.33. The van der Waals surface area contributed by atoms with Crippen molar-refractivity contribution in [3.63, 3.8) is 0 Å². The number of nitrogens with zero attached hydrogens (tertiary/aromatic N) is 1. The van der Waals surface area contributed by atoms with Crippen molar-refractivity contribution < 1.29 is 14.8 Å². The van der Waals surface area contributed by atoms with Gasteiger partial charge in [0.15, 0.2) is 0 Å². The highest BCUT2D eigenvalue weighted by Crippen LogP contribution is 2.25. The molecule has 1 aliphatic heterocycles. The van der Waals surface area contributed by atoms with Crippen LogP contribution in [0, 0.1) is 0 Å². The maximum Gasteiger partial charge on any atom is 0.492 e. The SMILES string of the molecule is COc1ccc(CN2CCc3sccc3C2)cc1B(O)O. The molecule has 2 heterocycles. The van der Waals surface area contributed by atoms with E-state index >= 15 is 0 Å². The molecule has 6 heteroatoms. The van der Waals surface area contributed by atoms with Crippen LogP contribution in [-0.4, -0.2) is 35.7 Å². The standard InChI is InChI=1S/C15H18BNO3S/c1-20-14-3-2-11(8-13(14)16(18)19)9-17-6-4-15-12(10-17)5-7-21-15/h2-3,5,7-8,18-19H,4,6,9-10H2,1H3. The predicted molar refractivity (Wildman–Crippen MR) is 85.0 cm³/mol. The smallest absolute Gasteiger partial charge is 0.492 e. The van der Waals surface area contributed by atoms with Crippen LogP contribution in [0.2, 0.25) is 0 Å². The van der Waals surface area contributed by atoms with Crippen molar-refractivity contribution in [2.45, 2.75) is 19.5 Å². The Morgan fingerprint density at radius 1 is 1.33 bits per heavy atom. The maximum atomic E-state index is 9.43. The largest absolute Gasteiger partial charge is 0.497 e. The molecule has 0 radical (unpaired) electrons. The van der Waals surface area contributed by atoms with Gasteiger partial charge < -0.3 is 14.8 Å². The van der Waals surface area contributed by atoms with Crippen LogP contribution in [0.1, 0.15) is 16.0 Å². The lowest BCUT2D eigenvalue weighted by Gasteiger charge is -2.27. The molecule has 0 spiro atoms. The highest BCUT2D eigenvalue weighted by atomic mass is 32.1. The van der Waals surface area contributed by atoms with Gasteiger partial charge in [-0.2, -0.15) is 0 Å². The van der Waals surface area contributed by atoms with Crippen LogP contribution in [0.4, 0.5) is 0 Å². The van der Waals surface area contributed by atoms with Gasteiger partial charge in [-0.3, -0.25) is 4.90 Å². The van der Waals surface area contributed by atoms with E-state index in [9.17, 15) is 10.0 Å². The van der Waals surface area contributed by atoms with Crippen LogP contribution in [0.5, 0.6) is 5.75 Å². The highest BCUT2D eigenvalue weighted by Gasteiger charge is 2.20. The summed E-state index contributed by atoms with van der Waals surface area (Å²) >= 11 is 1.84. The van der Waals surface area contributed by atoms with E-state index in [1.165, 1.54) is 17.6 Å². The molecule has 1 aromatic carbocycles. The first-order valence-corrected chi connectivity index (χ1v) is 7.86. The molecule has 0 saturated carbocycles. The highest BCUT2D eigenvalue weighted by molar-refractivity contribution is 7.10. The molecule has 1 aromatic heterocycles. The second kappa shape index (κ2) is 6.19. The van der Waals surface area contributed by atoms with Crippen LogP contribution < -0.4 is 10.2 Å². The fourth-order valence-corrected chi connectivity index (χ4v) is 3.67. The van der Waals surface area contributed by atoms with Crippen molar-refractivity contribution >= 4 is 23.9 Å². The number of hydrogen-bond donors (Lipinski definition) is 2. The van der Waals surface area contributed by atoms with E-state index < -0.39 is 7.12 Å². The van der Waals surface area contributed by atoms with Crippen molar-refractivity contribution in [1.29, 1.82) is 0 Å². The van der Waals surface area contributed by atoms with E-state index in [4.69, 9.17) is 4.74 Å². The molecule has 110 valence electrons. The number of rotatable bonds is 4.